The minimum absolute atomic E-state index is 0.0183. The Morgan fingerprint density at radius 2 is 1.78 bits per heavy atom. The number of hydrogen-bond acceptors (Lipinski definition) is 3. The molecule has 0 saturated carbocycles. The van der Waals surface area contributed by atoms with E-state index < -0.39 is 5.60 Å². The van der Waals surface area contributed by atoms with Crippen molar-refractivity contribution in [2.75, 3.05) is 13.1 Å². The van der Waals surface area contributed by atoms with Crippen molar-refractivity contribution in [1.29, 1.82) is 0 Å². The van der Waals surface area contributed by atoms with Crippen LogP contribution in [-0.4, -0.2) is 35.7 Å². The maximum Gasteiger partial charge on any atom is 0.407 e. The molecule has 1 heterocycles. The molecule has 1 aliphatic heterocycles. The molecular formula is C22H27BrN2O2. The van der Waals surface area contributed by atoms with Gasteiger partial charge in [0.1, 0.15) is 5.60 Å². The van der Waals surface area contributed by atoms with Crippen LogP contribution in [0.5, 0.6) is 0 Å². The number of carbonyl (C=O) groups excluding carboxylic acids is 1. The number of carbonyl (C=O) groups is 1. The van der Waals surface area contributed by atoms with E-state index in [4.69, 9.17) is 4.74 Å². The molecule has 0 bridgehead atoms. The van der Waals surface area contributed by atoms with E-state index in [1.807, 2.05) is 26.8 Å². The Hall–Kier alpha value is -1.85. The van der Waals surface area contributed by atoms with Gasteiger partial charge in [0.25, 0.3) is 0 Å². The zero-order chi connectivity index (χ0) is 19.4. The molecule has 0 spiro atoms. The van der Waals surface area contributed by atoms with Crippen LogP contribution < -0.4 is 5.32 Å². The van der Waals surface area contributed by atoms with Crippen molar-refractivity contribution in [2.45, 2.75) is 44.9 Å². The molecule has 0 aromatic heterocycles. The Balaban J connectivity index is 1.74. The van der Waals surface area contributed by atoms with Crippen molar-refractivity contribution in [1.82, 2.24) is 10.2 Å². The first-order valence-electron chi connectivity index (χ1n) is 9.31. The average molecular weight is 431 g/mol. The maximum atomic E-state index is 12.4. The lowest BCUT2D eigenvalue weighted by Gasteiger charge is -2.24. The van der Waals surface area contributed by atoms with Gasteiger partial charge in [-0.3, -0.25) is 4.90 Å². The molecular weight excluding hydrogens is 404 g/mol. The second kappa shape index (κ2) is 8.44. The molecule has 1 saturated heterocycles. The second-order valence-corrected chi connectivity index (χ2v) is 9.01. The van der Waals surface area contributed by atoms with Crippen molar-refractivity contribution in [3.8, 4) is 0 Å². The molecule has 1 aliphatic rings. The van der Waals surface area contributed by atoms with Crippen LogP contribution in [0.4, 0.5) is 4.79 Å². The van der Waals surface area contributed by atoms with Gasteiger partial charge in [0.2, 0.25) is 0 Å². The second-order valence-electron chi connectivity index (χ2n) is 8.09. The van der Waals surface area contributed by atoms with E-state index in [1.54, 1.807) is 0 Å². The Labute approximate surface area is 170 Å². The van der Waals surface area contributed by atoms with Gasteiger partial charge in [-0.05, 0) is 44.0 Å². The van der Waals surface area contributed by atoms with E-state index in [-0.39, 0.29) is 18.1 Å². The molecule has 1 fully saturated rings. The van der Waals surface area contributed by atoms with Gasteiger partial charge in [-0.2, -0.15) is 0 Å². The van der Waals surface area contributed by atoms with Crippen LogP contribution in [0, 0.1) is 0 Å². The summed E-state index contributed by atoms with van der Waals surface area (Å²) < 4.78 is 6.54. The van der Waals surface area contributed by atoms with Gasteiger partial charge in [-0.25, -0.2) is 4.79 Å². The van der Waals surface area contributed by atoms with E-state index in [9.17, 15) is 4.79 Å². The smallest absolute Gasteiger partial charge is 0.407 e. The molecule has 3 rings (SSSR count). The van der Waals surface area contributed by atoms with Crippen LogP contribution in [0.15, 0.2) is 59.1 Å². The molecule has 0 radical (unpaired) electrons. The highest BCUT2D eigenvalue weighted by molar-refractivity contribution is 9.10. The molecule has 144 valence electrons. The molecule has 27 heavy (non-hydrogen) atoms. The predicted octanol–water partition coefficient (Wildman–Crippen LogP) is 4.94. The first-order chi connectivity index (χ1) is 12.8. The lowest BCUT2D eigenvalue weighted by molar-refractivity contribution is 0.0502. The normalized spacial score (nSPS) is 20.4. The summed E-state index contributed by atoms with van der Waals surface area (Å²) in [6.45, 7) is 8.23. The summed E-state index contributed by atoms with van der Waals surface area (Å²) in [5.74, 6) is 0.231. The number of likely N-dealkylation sites (tertiary alicyclic amines) is 1. The SMILES string of the molecule is CC(C)(C)OC(=O)NC1CN(Cc2ccccc2)CC1c1ccc(Br)cc1. The highest BCUT2D eigenvalue weighted by atomic mass is 79.9. The van der Waals surface area contributed by atoms with Crippen LogP contribution >= 0.6 is 15.9 Å². The lowest BCUT2D eigenvalue weighted by atomic mass is 9.94. The topological polar surface area (TPSA) is 41.6 Å². The van der Waals surface area contributed by atoms with E-state index in [0.29, 0.717) is 0 Å². The van der Waals surface area contributed by atoms with Gasteiger partial charge in [-0.1, -0.05) is 58.4 Å². The van der Waals surface area contributed by atoms with Crippen LogP contribution in [0.25, 0.3) is 0 Å². The number of hydrogen-bond donors (Lipinski definition) is 1. The summed E-state index contributed by atoms with van der Waals surface area (Å²) >= 11 is 3.50. The Morgan fingerprint density at radius 1 is 1.11 bits per heavy atom. The van der Waals surface area contributed by atoms with Crippen LogP contribution in [0.3, 0.4) is 0 Å². The third-order valence-electron chi connectivity index (χ3n) is 4.64. The third kappa shape index (κ3) is 5.81. The van der Waals surface area contributed by atoms with Gasteiger partial charge in [0.15, 0.2) is 0 Å². The number of rotatable bonds is 4. The molecule has 5 heteroatoms. The summed E-state index contributed by atoms with van der Waals surface area (Å²) in [5.41, 5.74) is 2.01. The van der Waals surface area contributed by atoms with E-state index in [1.165, 1.54) is 11.1 Å². The zero-order valence-corrected chi connectivity index (χ0v) is 17.7. The predicted molar refractivity (Wildman–Crippen MR) is 112 cm³/mol. The minimum Gasteiger partial charge on any atom is -0.444 e. The Kier molecular flexibility index (Phi) is 6.22. The molecule has 2 aromatic rings. The van der Waals surface area contributed by atoms with Gasteiger partial charge in [0, 0.05) is 30.0 Å². The quantitative estimate of drug-likeness (QED) is 0.746. The number of ether oxygens (including phenoxy) is 1. The summed E-state index contributed by atoms with van der Waals surface area (Å²) in [4.78, 5) is 14.7. The van der Waals surface area contributed by atoms with E-state index in [0.717, 1.165) is 24.1 Å². The maximum absolute atomic E-state index is 12.4. The van der Waals surface area contributed by atoms with Crippen LogP contribution in [0.1, 0.15) is 37.8 Å². The van der Waals surface area contributed by atoms with Gasteiger partial charge >= 0.3 is 6.09 Å². The minimum atomic E-state index is -0.500. The fourth-order valence-corrected chi connectivity index (χ4v) is 3.77. The first kappa shape index (κ1) is 19.9. The Bertz CT molecular complexity index is 756. The standard InChI is InChI=1S/C22H27BrN2O2/c1-22(2,3)27-21(26)24-20-15-25(13-16-7-5-4-6-8-16)14-19(20)17-9-11-18(23)12-10-17/h4-12,19-20H,13-15H2,1-3H3,(H,24,26). The summed E-state index contributed by atoms with van der Waals surface area (Å²) in [6, 6.07) is 18.8. The first-order valence-corrected chi connectivity index (χ1v) is 10.1. The molecule has 1 N–H and O–H groups in total. The van der Waals surface area contributed by atoms with Crippen molar-refractivity contribution < 1.29 is 9.53 Å². The van der Waals surface area contributed by atoms with Gasteiger partial charge in [0.05, 0.1) is 6.04 Å². The Morgan fingerprint density at radius 3 is 2.41 bits per heavy atom. The van der Waals surface area contributed by atoms with E-state index >= 15 is 0 Å². The number of benzene rings is 2. The van der Waals surface area contributed by atoms with Gasteiger partial charge in [-0.15, -0.1) is 0 Å². The van der Waals surface area contributed by atoms with Gasteiger partial charge < -0.3 is 10.1 Å². The molecule has 2 unspecified atom stereocenters. The highest BCUT2D eigenvalue weighted by Crippen LogP contribution is 2.30. The molecule has 0 aliphatic carbocycles. The van der Waals surface area contributed by atoms with Crippen LogP contribution in [-0.2, 0) is 11.3 Å². The fourth-order valence-electron chi connectivity index (χ4n) is 3.51. The molecule has 4 nitrogen and oxygen atoms in total. The molecule has 2 aromatic carbocycles. The highest BCUT2D eigenvalue weighted by Gasteiger charge is 2.35. The fraction of sp³-hybridized carbons (Fsp3) is 0.409. The largest absolute Gasteiger partial charge is 0.444 e. The monoisotopic (exact) mass is 430 g/mol. The van der Waals surface area contributed by atoms with Crippen molar-refractivity contribution in [3.05, 3.63) is 70.2 Å². The number of nitrogens with one attached hydrogen (secondary N) is 1. The van der Waals surface area contributed by atoms with Crippen LogP contribution in [0.2, 0.25) is 0 Å². The number of alkyl carbamates (subject to hydrolysis) is 1. The summed E-state index contributed by atoms with van der Waals surface area (Å²) in [6.07, 6.45) is -0.351. The van der Waals surface area contributed by atoms with E-state index in [2.05, 4.69) is 74.7 Å². The number of halogens is 1. The van der Waals surface area contributed by atoms with Crippen molar-refractivity contribution in [3.63, 3.8) is 0 Å². The third-order valence-corrected chi connectivity index (χ3v) is 5.17. The summed E-state index contributed by atoms with van der Waals surface area (Å²) in [5, 5.41) is 3.10. The molecule has 1 amide bonds. The van der Waals surface area contributed by atoms with Crippen molar-refractivity contribution in [2.24, 2.45) is 0 Å². The average Bonchev–Trinajstić information content (AvgIpc) is 2.97. The number of nitrogens with zero attached hydrogens (tertiary/aromatic N) is 1. The lowest BCUT2D eigenvalue weighted by Crippen LogP contribution is -2.42. The zero-order valence-electron chi connectivity index (χ0n) is 16.1. The van der Waals surface area contributed by atoms with Crippen molar-refractivity contribution >= 4 is 22.0 Å². The summed E-state index contributed by atoms with van der Waals surface area (Å²) in [7, 11) is 0. The molecule has 2 atom stereocenters. The number of amides is 1.